The summed E-state index contributed by atoms with van der Waals surface area (Å²) in [5.74, 6) is -0.232. The molecule has 1 atom stereocenters. The van der Waals surface area contributed by atoms with Gasteiger partial charge in [0.2, 0.25) is 0 Å². The molecule has 0 heterocycles. The van der Waals surface area contributed by atoms with Crippen LogP contribution in [0.15, 0.2) is 36.4 Å². The molecule has 0 spiro atoms. The highest BCUT2D eigenvalue weighted by molar-refractivity contribution is 6.36. The molecular weight excluding hydrogens is 377 g/mol. The van der Waals surface area contributed by atoms with Crippen molar-refractivity contribution >= 4 is 40.6 Å². The van der Waals surface area contributed by atoms with E-state index in [9.17, 15) is 9.59 Å². The van der Waals surface area contributed by atoms with Gasteiger partial charge in [-0.2, -0.15) is 0 Å². The Morgan fingerprint density at radius 2 is 1.85 bits per heavy atom. The Morgan fingerprint density at radius 3 is 2.42 bits per heavy atom. The third kappa shape index (κ3) is 5.36. The number of hydrogen-bond donors (Lipinski definition) is 3. The van der Waals surface area contributed by atoms with Crippen molar-refractivity contribution in [3.8, 4) is 5.75 Å². The molecule has 0 saturated carbocycles. The standard InChI is InChI=1S/C18H19Cl2N3O3/c1-10(21)16(24)8-23-18(25)12-4-2-11(3-5-12)9-26-17-14(20)6-13(19)7-15(17)22/h2-7,10H,8-9,21-22H2,1H3,(H,23,25). The van der Waals surface area contributed by atoms with E-state index in [0.29, 0.717) is 27.0 Å². The number of nitrogens with one attached hydrogen (secondary N) is 1. The van der Waals surface area contributed by atoms with E-state index in [1.54, 1.807) is 43.3 Å². The lowest BCUT2D eigenvalue weighted by Crippen LogP contribution is -2.37. The molecule has 138 valence electrons. The van der Waals surface area contributed by atoms with E-state index < -0.39 is 6.04 Å². The molecule has 26 heavy (non-hydrogen) atoms. The molecule has 0 radical (unpaired) electrons. The van der Waals surface area contributed by atoms with Crippen LogP contribution in [-0.2, 0) is 11.4 Å². The lowest BCUT2D eigenvalue weighted by atomic mass is 10.1. The number of hydrogen-bond acceptors (Lipinski definition) is 5. The van der Waals surface area contributed by atoms with Crippen molar-refractivity contribution < 1.29 is 14.3 Å². The van der Waals surface area contributed by atoms with E-state index in [1.165, 1.54) is 0 Å². The topological polar surface area (TPSA) is 107 Å². The van der Waals surface area contributed by atoms with Gasteiger partial charge in [-0.05, 0) is 36.8 Å². The maximum atomic E-state index is 12.0. The molecule has 1 amide bonds. The molecule has 0 saturated heterocycles. The molecule has 2 aromatic carbocycles. The molecule has 6 nitrogen and oxygen atoms in total. The summed E-state index contributed by atoms with van der Waals surface area (Å²) >= 11 is 11.9. The molecule has 0 bridgehead atoms. The predicted octanol–water partition coefficient (Wildman–Crippen LogP) is 2.80. The molecule has 0 aliphatic rings. The third-order valence-electron chi connectivity index (χ3n) is 3.57. The van der Waals surface area contributed by atoms with Crippen LogP contribution in [0.3, 0.4) is 0 Å². The normalized spacial score (nSPS) is 11.7. The number of nitrogen functional groups attached to an aromatic ring is 1. The van der Waals surface area contributed by atoms with Gasteiger partial charge in [-0.15, -0.1) is 0 Å². The molecular formula is C18H19Cl2N3O3. The minimum atomic E-state index is -0.609. The fourth-order valence-electron chi connectivity index (χ4n) is 2.07. The Bertz CT molecular complexity index is 785. The summed E-state index contributed by atoms with van der Waals surface area (Å²) in [5.41, 5.74) is 12.9. The first-order chi connectivity index (χ1) is 12.3. The number of anilines is 1. The van der Waals surface area contributed by atoms with Crippen LogP contribution in [-0.4, -0.2) is 24.3 Å². The van der Waals surface area contributed by atoms with E-state index in [-0.39, 0.29) is 24.8 Å². The fraction of sp³-hybridized carbons (Fsp3) is 0.222. The Kier molecular flexibility index (Phi) is 6.85. The van der Waals surface area contributed by atoms with E-state index in [4.69, 9.17) is 39.4 Å². The summed E-state index contributed by atoms with van der Waals surface area (Å²) in [6.45, 7) is 1.69. The molecule has 0 aliphatic carbocycles. The average molecular weight is 396 g/mol. The van der Waals surface area contributed by atoms with Gasteiger partial charge in [0, 0.05) is 10.6 Å². The Hall–Kier alpha value is -2.28. The van der Waals surface area contributed by atoms with Crippen LogP contribution in [0.1, 0.15) is 22.8 Å². The minimum absolute atomic E-state index is 0.101. The average Bonchev–Trinajstić information content (AvgIpc) is 2.58. The van der Waals surface area contributed by atoms with Crippen molar-refractivity contribution in [3.63, 3.8) is 0 Å². The number of carbonyl (C=O) groups excluding carboxylic acids is 2. The summed E-state index contributed by atoms with van der Waals surface area (Å²) in [6, 6.07) is 9.24. The molecule has 5 N–H and O–H groups in total. The van der Waals surface area contributed by atoms with E-state index in [0.717, 1.165) is 5.56 Å². The van der Waals surface area contributed by atoms with Gasteiger partial charge in [0.15, 0.2) is 11.5 Å². The molecule has 0 fully saturated rings. The Balaban J connectivity index is 1.95. The van der Waals surface area contributed by atoms with Crippen molar-refractivity contribution in [2.45, 2.75) is 19.6 Å². The van der Waals surface area contributed by atoms with Gasteiger partial charge in [-0.3, -0.25) is 9.59 Å². The fourth-order valence-corrected chi connectivity index (χ4v) is 2.63. The van der Waals surface area contributed by atoms with Crippen LogP contribution in [0.4, 0.5) is 5.69 Å². The largest absolute Gasteiger partial charge is 0.485 e. The molecule has 1 unspecified atom stereocenters. The van der Waals surface area contributed by atoms with Gasteiger partial charge in [0.25, 0.3) is 5.91 Å². The number of nitrogens with two attached hydrogens (primary N) is 2. The van der Waals surface area contributed by atoms with Gasteiger partial charge >= 0.3 is 0 Å². The zero-order valence-corrected chi connectivity index (χ0v) is 15.6. The van der Waals surface area contributed by atoms with E-state index in [2.05, 4.69) is 5.32 Å². The monoisotopic (exact) mass is 395 g/mol. The first-order valence-corrected chi connectivity index (χ1v) is 8.56. The second-order valence-electron chi connectivity index (χ2n) is 5.73. The Morgan fingerprint density at radius 1 is 1.19 bits per heavy atom. The molecule has 2 rings (SSSR count). The maximum absolute atomic E-state index is 12.0. The summed E-state index contributed by atoms with van der Waals surface area (Å²) in [4.78, 5) is 23.4. The first-order valence-electron chi connectivity index (χ1n) is 7.80. The third-order valence-corrected chi connectivity index (χ3v) is 4.07. The smallest absolute Gasteiger partial charge is 0.251 e. The van der Waals surface area contributed by atoms with Crippen molar-refractivity contribution in [1.29, 1.82) is 0 Å². The van der Waals surface area contributed by atoms with Crippen LogP contribution in [0, 0.1) is 0 Å². The van der Waals surface area contributed by atoms with Crippen LogP contribution in [0.2, 0.25) is 10.0 Å². The highest BCUT2D eigenvalue weighted by atomic mass is 35.5. The highest BCUT2D eigenvalue weighted by Crippen LogP contribution is 2.34. The van der Waals surface area contributed by atoms with E-state index >= 15 is 0 Å². The lowest BCUT2D eigenvalue weighted by Gasteiger charge is -2.12. The van der Waals surface area contributed by atoms with Crippen LogP contribution >= 0.6 is 23.2 Å². The quantitative estimate of drug-likeness (QED) is 0.624. The number of amides is 1. The number of benzene rings is 2. The second kappa shape index (κ2) is 8.89. The predicted molar refractivity (Wildman–Crippen MR) is 103 cm³/mol. The van der Waals surface area contributed by atoms with Crippen LogP contribution in [0.5, 0.6) is 5.75 Å². The number of ketones is 1. The molecule has 2 aromatic rings. The maximum Gasteiger partial charge on any atom is 0.251 e. The van der Waals surface area contributed by atoms with Gasteiger partial charge in [-0.1, -0.05) is 35.3 Å². The van der Waals surface area contributed by atoms with Gasteiger partial charge in [0.05, 0.1) is 23.3 Å². The Labute approximate surface area is 161 Å². The van der Waals surface area contributed by atoms with Crippen molar-refractivity contribution in [1.82, 2.24) is 5.32 Å². The molecule has 0 aliphatic heterocycles. The van der Waals surface area contributed by atoms with E-state index in [1.807, 2.05) is 0 Å². The first kappa shape index (κ1) is 20.0. The van der Waals surface area contributed by atoms with Crippen molar-refractivity contribution in [3.05, 3.63) is 57.6 Å². The number of rotatable bonds is 7. The van der Waals surface area contributed by atoms with Crippen molar-refractivity contribution in [2.24, 2.45) is 5.73 Å². The minimum Gasteiger partial charge on any atom is -0.485 e. The highest BCUT2D eigenvalue weighted by Gasteiger charge is 2.12. The van der Waals surface area contributed by atoms with Gasteiger partial charge in [0.1, 0.15) is 6.61 Å². The van der Waals surface area contributed by atoms with Crippen LogP contribution in [0.25, 0.3) is 0 Å². The van der Waals surface area contributed by atoms with Gasteiger partial charge in [-0.25, -0.2) is 0 Å². The number of ether oxygens (including phenoxy) is 1. The van der Waals surface area contributed by atoms with Gasteiger partial charge < -0.3 is 21.5 Å². The molecule has 0 aromatic heterocycles. The summed E-state index contributed by atoms with van der Waals surface area (Å²) < 4.78 is 5.64. The van der Waals surface area contributed by atoms with Crippen molar-refractivity contribution in [2.75, 3.05) is 12.3 Å². The number of Topliss-reactive ketones (excluding diaryl/α,β-unsaturated/α-hetero) is 1. The number of halogens is 2. The summed E-state index contributed by atoms with van der Waals surface area (Å²) in [7, 11) is 0. The summed E-state index contributed by atoms with van der Waals surface area (Å²) in [5, 5.41) is 3.28. The second-order valence-corrected chi connectivity index (χ2v) is 6.57. The zero-order chi connectivity index (χ0) is 19.3. The molecule has 8 heteroatoms. The zero-order valence-electron chi connectivity index (χ0n) is 14.1. The SMILES string of the molecule is CC(N)C(=O)CNC(=O)c1ccc(COc2c(N)cc(Cl)cc2Cl)cc1. The number of carbonyl (C=O) groups is 2. The lowest BCUT2D eigenvalue weighted by molar-refractivity contribution is -0.119. The summed E-state index contributed by atoms with van der Waals surface area (Å²) in [6.07, 6.45) is 0. The van der Waals surface area contributed by atoms with Crippen LogP contribution < -0.4 is 21.5 Å².